The molecule has 0 radical (unpaired) electrons. The Morgan fingerprint density at radius 3 is 2.62 bits per heavy atom. The quantitative estimate of drug-likeness (QED) is 0.820. The molecular weight excluding hydrogens is 202 g/mol. The summed E-state index contributed by atoms with van der Waals surface area (Å²) in [6.45, 7) is 0.441. The molecule has 1 aromatic rings. The van der Waals surface area contributed by atoms with Crippen LogP contribution < -0.4 is 0 Å². The van der Waals surface area contributed by atoms with Gasteiger partial charge in [0.05, 0.1) is 5.57 Å². The van der Waals surface area contributed by atoms with Crippen molar-refractivity contribution in [2.45, 2.75) is 0 Å². The van der Waals surface area contributed by atoms with E-state index in [-0.39, 0.29) is 0 Å². The zero-order valence-electron chi connectivity index (χ0n) is 9.05. The second-order valence-corrected chi connectivity index (χ2v) is 3.79. The van der Waals surface area contributed by atoms with Crippen molar-refractivity contribution in [3.63, 3.8) is 0 Å². The SMILES string of the molecule is CN1C=CC(c2ccccc2)=C(C(=O)O)C1. The molecule has 0 unspecified atom stereocenters. The lowest BCUT2D eigenvalue weighted by Crippen LogP contribution is -2.23. The summed E-state index contributed by atoms with van der Waals surface area (Å²) < 4.78 is 0. The number of hydrogen-bond acceptors (Lipinski definition) is 2. The minimum Gasteiger partial charge on any atom is -0.478 e. The second kappa shape index (κ2) is 4.23. The molecule has 16 heavy (non-hydrogen) atoms. The molecule has 1 N–H and O–H groups in total. The minimum absolute atomic E-state index is 0.441. The third-order valence-corrected chi connectivity index (χ3v) is 2.57. The fourth-order valence-electron chi connectivity index (χ4n) is 1.76. The van der Waals surface area contributed by atoms with E-state index in [1.165, 1.54) is 0 Å². The molecule has 0 aromatic heterocycles. The van der Waals surface area contributed by atoms with E-state index in [1.807, 2.05) is 54.6 Å². The van der Waals surface area contributed by atoms with Gasteiger partial charge in [-0.1, -0.05) is 30.3 Å². The Labute approximate surface area is 94.3 Å². The molecule has 0 amide bonds. The number of likely N-dealkylation sites (N-methyl/N-ethyl adjacent to an activating group) is 1. The molecule has 0 bridgehead atoms. The van der Waals surface area contributed by atoms with Crippen LogP contribution >= 0.6 is 0 Å². The van der Waals surface area contributed by atoms with Crippen LogP contribution in [0.3, 0.4) is 0 Å². The Balaban J connectivity index is 2.48. The van der Waals surface area contributed by atoms with Crippen molar-refractivity contribution in [1.29, 1.82) is 0 Å². The molecule has 0 aliphatic carbocycles. The van der Waals surface area contributed by atoms with Crippen LogP contribution in [-0.4, -0.2) is 29.6 Å². The molecule has 1 aliphatic heterocycles. The van der Waals surface area contributed by atoms with Gasteiger partial charge >= 0.3 is 5.97 Å². The van der Waals surface area contributed by atoms with E-state index in [4.69, 9.17) is 5.11 Å². The van der Waals surface area contributed by atoms with E-state index in [0.717, 1.165) is 11.1 Å². The van der Waals surface area contributed by atoms with Crippen molar-refractivity contribution >= 4 is 11.5 Å². The topological polar surface area (TPSA) is 40.5 Å². The molecule has 3 nitrogen and oxygen atoms in total. The van der Waals surface area contributed by atoms with Gasteiger partial charge in [-0.2, -0.15) is 0 Å². The van der Waals surface area contributed by atoms with Gasteiger partial charge in [0, 0.05) is 13.6 Å². The lowest BCUT2D eigenvalue weighted by Gasteiger charge is -2.21. The number of aliphatic carboxylic acids is 1. The first kappa shape index (κ1) is 10.5. The first-order chi connectivity index (χ1) is 7.68. The Kier molecular flexibility index (Phi) is 2.77. The fraction of sp³-hybridized carbons (Fsp3) is 0.154. The van der Waals surface area contributed by atoms with Crippen LogP contribution in [0.25, 0.3) is 5.57 Å². The highest BCUT2D eigenvalue weighted by molar-refractivity contribution is 6.00. The fourth-order valence-corrected chi connectivity index (χ4v) is 1.76. The van der Waals surface area contributed by atoms with Crippen LogP contribution in [0.1, 0.15) is 5.56 Å². The molecule has 0 saturated carbocycles. The van der Waals surface area contributed by atoms with E-state index in [1.54, 1.807) is 0 Å². The first-order valence-corrected chi connectivity index (χ1v) is 5.09. The van der Waals surface area contributed by atoms with Crippen molar-refractivity contribution in [3.8, 4) is 0 Å². The lowest BCUT2D eigenvalue weighted by molar-refractivity contribution is -0.132. The van der Waals surface area contributed by atoms with Gasteiger partial charge in [0.15, 0.2) is 0 Å². The molecule has 0 saturated heterocycles. The smallest absolute Gasteiger partial charge is 0.334 e. The normalized spacial score (nSPS) is 15.4. The number of allylic oxidation sites excluding steroid dienone is 2. The van der Waals surface area contributed by atoms with Crippen molar-refractivity contribution < 1.29 is 9.90 Å². The number of nitrogens with zero attached hydrogens (tertiary/aromatic N) is 1. The monoisotopic (exact) mass is 215 g/mol. The first-order valence-electron chi connectivity index (χ1n) is 5.09. The van der Waals surface area contributed by atoms with Gasteiger partial charge in [-0.3, -0.25) is 0 Å². The predicted octanol–water partition coefficient (Wildman–Crippen LogP) is 1.98. The van der Waals surface area contributed by atoms with Gasteiger partial charge in [-0.15, -0.1) is 0 Å². The van der Waals surface area contributed by atoms with Crippen LogP contribution in [-0.2, 0) is 4.79 Å². The van der Waals surface area contributed by atoms with Crippen molar-refractivity contribution in [1.82, 2.24) is 4.90 Å². The standard InChI is InChI=1S/C13H13NO2/c1-14-8-7-11(12(9-14)13(15)16)10-5-3-2-4-6-10/h2-8H,9H2,1H3,(H,15,16). The minimum atomic E-state index is -0.852. The summed E-state index contributed by atoms with van der Waals surface area (Å²) in [6, 6.07) is 9.59. The summed E-state index contributed by atoms with van der Waals surface area (Å²) >= 11 is 0. The van der Waals surface area contributed by atoms with Gasteiger partial charge in [0.25, 0.3) is 0 Å². The van der Waals surface area contributed by atoms with Crippen LogP contribution in [0.5, 0.6) is 0 Å². The Hall–Kier alpha value is -2.03. The van der Waals surface area contributed by atoms with Crippen molar-refractivity contribution in [2.24, 2.45) is 0 Å². The van der Waals surface area contributed by atoms with Crippen LogP contribution in [0, 0.1) is 0 Å². The maximum atomic E-state index is 11.2. The Bertz CT molecular complexity index is 460. The Morgan fingerprint density at radius 2 is 2.00 bits per heavy atom. The molecule has 0 spiro atoms. The number of hydrogen-bond donors (Lipinski definition) is 1. The zero-order chi connectivity index (χ0) is 11.5. The highest BCUT2D eigenvalue weighted by Crippen LogP contribution is 2.24. The molecule has 2 rings (SSSR count). The molecule has 3 heteroatoms. The number of carboxylic acid groups (broad SMARTS) is 1. The second-order valence-electron chi connectivity index (χ2n) is 3.79. The molecule has 1 aromatic carbocycles. The maximum absolute atomic E-state index is 11.2. The Morgan fingerprint density at radius 1 is 1.31 bits per heavy atom. The van der Waals surface area contributed by atoms with E-state index in [2.05, 4.69) is 0 Å². The number of carboxylic acids is 1. The number of benzene rings is 1. The summed E-state index contributed by atoms with van der Waals surface area (Å²) in [4.78, 5) is 13.0. The van der Waals surface area contributed by atoms with Crippen LogP contribution in [0.4, 0.5) is 0 Å². The summed E-state index contributed by atoms with van der Waals surface area (Å²) in [6.07, 6.45) is 3.75. The highest BCUT2D eigenvalue weighted by Gasteiger charge is 2.18. The van der Waals surface area contributed by atoms with E-state index < -0.39 is 5.97 Å². The van der Waals surface area contributed by atoms with Crippen LogP contribution in [0.2, 0.25) is 0 Å². The summed E-state index contributed by atoms with van der Waals surface area (Å²) in [5, 5.41) is 9.17. The van der Waals surface area contributed by atoms with Gasteiger partial charge in [-0.25, -0.2) is 4.79 Å². The lowest BCUT2D eigenvalue weighted by atomic mass is 9.97. The molecule has 1 aliphatic rings. The summed E-state index contributed by atoms with van der Waals surface area (Å²) in [5.41, 5.74) is 2.19. The third-order valence-electron chi connectivity index (χ3n) is 2.57. The highest BCUT2D eigenvalue weighted by atomic mass is 16.4. The third kappa shape index (κ3) is 1.98. The van der Waals surface area contributed by atoms with E-state index >= 15 is 0 Å². The van der Waals surface area contributed by atoms with Crippen molar-refractivity contribution in [3.05, 3.63) is 53.7 Å². The number of carbonyl (C=O) groups is 1. The average molecular weight is 215 g/mol. The summed E-state index contributed by atoms with van der Waals surface area (Å²) in [5.74, 6) is -0.852. The van der Waals surface area contributed by atoms with Gasteiger partial charge in [-0.05, 0) is 23.4 Å². The van der Waals surface area contributed by atoms with E-state index in [0.29, 0.717) is 12.1 Å². The van der Waals surface area contributed by atoms with E-state index in [9.17, 15) is 4.79 Å². The molecule has 0 fully saturated rings. The van der Waals surface area contributed by atoms with Gasteiger partial charge in [0.2, 0.25) is 0 Å². The van der Waals surface area contributed by atoms with Gasteiger partial charge < -0.3 is 10.0 Å². The zero-order valence-corrected chi connectivity index (χ0v) is 9.05. The predicted molar refractivity (Wildman–Crippen MR) is 62.8 cm³/mol. The largest absolute Gasteiger partial charge is 0.478 e. The molecule has 0 atom stereocenters. The average Bonchev–Trinajstić information content (AvgIpc) is 2.30. The van der Waals surface area contributed by atoms with Crippen LogP contribution in [0.15, 0.2) is 48.2 Å². The molecule has 1 heterocycles. The number of rotatable bonds is 2. The van der Waals surface area contributed by atoms with Crippen molar-refractivity contribution in [2.75, 3.05) is 13.6 Å². The molecular formula is C13H13NO2. The maximum Gasteiger partial charge on any atom is 0.334 e. The molecule has 82 valence electrons. The van der Waals surface area contributed by atoms with Gasteiger partial charge in [0.1, 0.15) is 0 Å². The summed E-state index contributed by atoms with van der Waals surface area (Å²) in [7, 11) is 1.86.